The molecule has 11 aromatic carbocycles. The van der Waals surface area contributed by atoms with Crippen molar-refractivity contribution in [2.45, 2.75) is 52.7 Å². The molecule has 1 aromatic heterocycles. The molecule has 24 heteroatoms. The Morgan fingerprint density at radius 1 is 0.450 bits per heavy atom. The first kappa shape index (κ1) is 101. The summed E-state index contributed by atoms with van der Waals surface area (Å²) in [5.74, 6) is 5.40. The minimum absolute atomic E-state index is 0. The van der Waals surface area contributed by atoms with Gasteiger partial charge in [0.15, 0.2) is 12.2 Å². The van der Waals surface area contributed by atoms with Gasteiger partial charge >= 0.3 is 41.8 Å². The maximum absolute atomic E-state index is 12.6. The van der Waals surface area contributed by atoms with Gasteiger partial charge in [-0.05, 0) is 168 Å². The van der Waals surface area contributed by atoms with Crippen molar-refractivity contribution in [1.29, 1.82) is 0 Å². The van der Waals surface area contributed by atoms with Gasteiger partial charge in [0, 0.05) is 82.4 Å². The lowest BCUT2D eigenvalue weighted by molar-refractivity contribution is -0.146. The fourth-order valence-corrected chi connectivity index (χ4v) is 12.5. The molecule has 0 bridgehead atoms. The SMILES string of the molecule is C#CC#CC#CN(CCOC(=O)c1ccc2ccccc2c1)C(=O)C(=C)C.C=C(C)C(=O)NCOC(=O)c1ccc(-c2ccccc2)cc1.C=C(C)C(=O)OCCOC(=O)/C=C/c1ccc(-c2ccccc2)cc1.C=C(C)C(=O)OCCn1c2ccccc2c(=O)c2ccccc21.C=C(C)C(=O)OCc1ccccc1.C=CC(=O)OCCNS(=O)(=O)c1ccc2ccccc2c1.[HH].[HH].[HH].[HH].[HH]. The summed E-state index contributed by atoms with van der Waals surface area (Å²) in [6.45, 7) is 29.7. The number of aromatic nitrogens is 1. The number of sulfonamides is 1. The summed E-state index contributed by atoms with van der Waals surface area (Å²) in [5, 5.41) is 7.57. The number of terminal acetylenes is 1. The summed E-state index contributed by atoms with van der Waals surface area (Å²) < 4.78 is 63.5. The molecule has 0 atom stereocenters. The zero-order chi connectivity index (χ0) is 95.0. The van der Waals surface area contributed by atoms with E-state index >= 15 is 0 Å². The van der Waals surface area contributed by atoms with E-state index in [0.29, 0.717) is 62.9 Å². The van der Waals surface area contributed by atoms with Gasteiger partial charge in [0.25, 0.3) is 5.91 Å². The number of carbonyl (C=O) groups is 9. The van der Waals surface area contributed by atoms with E-state index in [0.717, 1.165) is 72.0 Å². The molecule has 0 aliphatic heterocycles. The quantitative estimate of drug-likeness (QED) is 0.00617. The summed E-state index contributed by atoms with van der Waals surface area (Å²) in [6.07, 6.45) is 9.06. The van der Waals surface area contributed by atoms with Gasteiger partial charge in [0.2, 0.25) is 15.9 Å². The monoisotopic (exact) mass is 1780 g/mol. The third kappa shape index (κ3) is 34.4. The smallest absolute Gasteiger partial charge is 0.339 e. The largest absolute Gasteiger partial charge is 0.461 e. The lowest BCUT2D eigenvalue weighted by Gasteiger charge is -2.15. The van der Waals surface area contributed by atoms with Crippen molar-refractivity contribution < 1.29 is 91.9 Å². The number of ether oxygens (including phenoxy) is 7. The van der Waals surface area contributed by atoms with Crippen molar-refractivity contribution in [3.05, 3.63) is 385 Å². The van der Waals surface area contributed by atoms with Crippen LogP contribution in [0.15, 0.2) is 362 Å². The van der Waals surface area contributed by atoms with E-state index in [9.17, 15) is 56.4 Å². The number of nitrogens with one attached hydrogen (secondary N) is 2. The average molecular weight is 1790 g/mol. The molecular weight excluding hydrogens is 1680 g/mol. The average Bonchev–Trinajstić information content (AvgIpc) is 0.752. The van der Waals surface area contributed by atoms with Crippen LogP contribution in [0, 0.1) is 36.1 Å². The molecule has 676 valence electrons. The summed E-state index contributed by atoms with van der Waals surface area (Å²) in [5.41, 5.74) is 10.6. The van der Waals surface area contributed by atoms with E-state index in [4.69, 9.17) is 39.6 Å². The Bertz CT molecular complexity index is 6500. The van der Waals surface area contributed by atoms with Crippen molar-refractivity contribution in [2.24, 2.45) is 0 Å². The predicted octanol–water partition coefficient (Wildman–Crippen LogP) is 18.8. The fraction of sp³-hybridized carbons (Fsp3) is 0.140. The van der Waals surface area contributed by atoms with E-state index in [1.54, 1.807) is 83.2 Å². The van der Waals surface area contributed by atoms with Crippen LogP contribution in [0.25, 0.3) is 71.7 Å². The minimum Gasteiger partial charge on any atom is -0.461 e. The van der Waals surface area contributed by atoms with Crippen LogP contribution in [0.3, 0.4) is 0 Å². The van der Waals surface area contributed by atoms with E-state index in [-0.39, 0.29) is 88.1 Å². The zero-order valence-electron chi connectivity index (χ0n) is 73.2. The first-order valence-electron chi connectivity index (χ1n) is 40.6. The Kier molecular flexibility index (Phi) is 41.6. The number of nitrogens with zero attached hydrogens (tertiary/aromatic N) is 2. The first-order chi connectivity index (χ1) is 63.0. The van der Waals surface area contributed by atoms with Crippen molar-refractivity contribution in [3.8, 4) is 58.4 Å². The second-order valence-corrected chi connectivity index (χ2v) is 30.1. The highest BCUT2D eigenvalue weighted by molar-refractivity contribution is 7.89. The molecule has 0 unspecified atom stereocenters. The van der Waals surface area contributed by atoms with Crippen LogP contribution in [0.5, 0.6) is 0 Å². The molecule has 0 radical (unpaired) electrons. The highest BCUT2D eigenvalue weighted by Gasteiger charge is 2.18. The van der Waals surface area contributed by atoms with Crippen LogP contribution < -0.4 is 15.5 Å². The minimum atomic E-state index is -3.62. The Labute approximate surface area is 769 Å². The Balaban J connectivity index is 0.000000553. The maximum atomic E-state index is 12.6. The molecule has 0 saturated heterocycles. The molecule has 2 N–H and O–H groups in total. The van der Waals surface area contributed by atoms with Crippen molar-refractivity contribution >= 4 is 113 Å². The number of amides is 2. The van der Waals surface area contributed by atoms with E-state index in [2.05, 4.69) is 79.2 Å². The second-order valence-electron chi connectivity index (χ2n) is 28.3. The number of hydrogen-bond donors (Lipinski definition) is 2. The van der Waals surface area contributed by atoms with Crippen LogP contribution in [-0.4, -0.2) is 124 Å². The topological polar surface area (TPSA) is 302 Å². The summed E-state index contributed by atoms with van der Waals surface area (Å²) in [4.78, 5) is 118. The number of esters is 7. The van der Waals surface area contributed by atoms with Gasteiger partial charge < -0.3 is 43.0 Å². The lowest BCUT2D eigenvalue weighted by Crippen LogP contribution is -2.30. The van der Waals surface area contributed by atoms with Gasteiger partial charge in [0.05, 0.1) is 40.1 Å². The molecule has 2 amide bonds. The number of benzene rings is 11. The van der Waals surface area contributed by atoms with E-state index in [1.807, 2.05) is 235 Å². The lowest BCUT2D eigenvalue weighted by atomic mass is 10.0. The highest BCUT2D eigenvalue weighted by Crippen LogP contribution is 2.25. The van der Waals surface area contributed by atoms with E-state index in [1.165, 1.54) is 11.0 Å². The molecule has 12 rings (SSSR count). The van der Waals surface area contributed by atoms with Gasteiger partial charge in [-0.3, -0.25) is 19.3 Å². The molecule has 1 heterocycles. The molecule has 12 aromatic rings. The van der Waals surface area contributed by atoms with Crippen molar-refractivity contribution in [3.63, 3.8) is 0 Å². The van der Waals surface area contributed by atoms with E-state index < -0.39 is 45.8 Å². The van der Waals surface area contributed by atoms with Gasteiger partial charge in [-0.25, -0.2) is 46.7 Å². The molecule has 0 spiro atoms. The van der Waals surface area contributed by atoms with Gasteiger partial charge in [-0.15, -0.1) is 6.42 Å². The van der Waals surface area contributed by atoms with Crippen LogP contribution in [0.1, 0.15) is 73.6 Å². The molecule has 0 aliphatic carbocycles. The Morgan fingerprint density at radius 3 is 1.46 bits per heavy atom. The molecule has 0 aliphatic rings. The Morgan fingerprint density at radius 2 is 0.916 bits per heavy atom. The Hall–Kier alpha value is -16.6. The van der Waals surface area contributed by atoms with Crippen molar-refractivity contribution in [1.82, 2.24) is 19.5 Å². The summed E-state index contributed by atoms with van der Waals surface area (Å²) in [7, 11) is -3.62. The van der Waals surface area contributed by atoms with Crippen LogP contribution >= 0.6 is 0 Å². The maximum Gasteiger partial charge on any atom is 0.339 e. The van der Waals surface area contributed by atoms with Crippen LogP contribution in [0.4, 0.5) is 0 Å². The standard InChI is InChI=1S/C23H17NO3.C21H20O4.C19H17NO3.C18H17NO3.C15H15NO4S.C11H12O2.5H2/c1-4-5-6-9-14-24(22(25)18(2)3)15-16-27-23(26)21-13-12-19-10-7-8-11-20(19)17-21;1-16(2)21(23)25-15-14-24-20(22)13-10-17-8-11-19(12-9-17)18-6-4-3-5-7-18;1-13(2)19(22)23-12-11-20-16-9-5-3-7-14(16)18(21)15-8-4-6-10-17(15)20;1-13(2)17(20)19-12-22-18(21)16-10-8-15(9-11-16)14-6-4-3-5-7-14;1-2-15(17)20-10-9-16-21(18,19)14-8-7-12-5-3-4-6-13(12)11-14;1-9(2)11(12)13-8-10-6-4-3-5-7-10;;;;;/h1,7-8,10-13,17H,2,15-16H2,3H3;3-13H,1,14-15H2,2H3;3-10H,1,11-12H2,2H3;3-11H,1,12H2,2H3,(H,19,20);2-8,11,16H,1,9-10H2;3-7H,1,8H2,2H3;5*1H/b;13-10+;;;;;;;;;. The normalized spacial score (nSPS) is 10.1. The number of rotatable bonds is 30. The van der Waals surface area contributed by atoms with Gasteiger partial charge in [-0.1, -0.05) is 252 Å². The molecule has 0 saturated carbocycles. The highest BCUT2D eigenvalue weighted by atomic mass is 32.2. The summed E-state index contributed by atoms with van der Waals surface area (Å²) in [6, 6.07) is 87.4. The molecule has 0 fully saturated rings. The number of fused-ring (bicyclic) bond motifs is 4. The fourth-order valence-electron chi connectivity index (χ4n) is 11.4. The molecular formula is C107H108N4O19S. The number of hydrogen-bond acceptors (Lipinski definition) is 19. The summed E-state index contributed by atoms with van der Waals surface area (Å²) >= 11 is 0. The molecule has 23 nitrogen and oxygen atoms in total. The third-order valence-electron chi connectivity index (χ3n) is 18.1. The van der Waals surface area contributed by atoms with Gasteiger partial charge in [-0.2, -0.15) is 0 Å². The van der Waals surface area contributed by atoms with Crippen molar-refractivity contribution in [2.75, 3.05) is 52.9 Å². The number of para-hydroxylation sites is 2. The number of carbonyl (C=O) groups excluding carboxylic acids is 9. The molecule has 131 heavy (non-hydrogen) atoms. The second kappa shape index (κ2) is 53.7. The number of pyridine rings is 1. The van der Waals surface area contributed by atoms with Crippen LogP contribution in [0.2, 0.25) is 0 Å². The first-order valence-corrected chi connectivity index (χ1v) is 42.1. The van der Waals surface area contributed by atoms with Crippen LogP contribution in [-0.2, 0) is 89.9 Å². The predicted molar refractivity (Wildman–Crippen MR) is 521 cm³/mol. The van der Waals surface area contributed by atoms with Gasteiger partial charge in [0.1, 0.15) is 39.6 Å². The zero-order valence-corrected chi connectivity index (χ0v) is 74.0. The third-order valence-corrected chi connectivity index (χ3v) is 19.6.